The summed E-state index contributed by atoms with van der Waals surface area (Å²) in [5.74, 6) is -0.0608. The summed E-state index contributed by atoms with van der Waals surface area (Å²) in [6.07, 6.45) is 3.92. The molecule has 0 spiro atoms. The lowest BCUT2D eigenvalue weighted by Crippen LogP contribution is -2.18. The van der Waals surface area contributed by atoms with E-state index in [-0.39, 0.29) is 12.5 Å². The van der Waals surface area contributed by atoms with Crippen LogP contribution >= 0.6 is 23.4 Å². The Morgan fingerprint density at radius 1 is 1.18 bits per heavy atom. The second-order valence-corrected chi connectivity index (χ2v) is 6.24. The molecule has 0 aliphatic carbocycles. The number of amides is 1. The number of halogens is 1. The third-order valence-electron chi connectivity index (χ3n) is 3.42. The number of anilines is 1. The van der Waals surface area contributed by atoms with Gasteiger partial charge in [-0.2, -0.15) is 0 Å². The zero-order valence-corrected chi connectivity index (χ0v) is 13.6. The van der Waals surface area contributed by atoms with Gasteiger partial charge in [0.15, 0.2) is 0 Å². The summed E-state index contributed by atoms with van der Waals surface area (Å²) in [6, 6.07) is 15.5. The van der Waals surface area contributed by atoms with E-state index in [1.807, 2.05) is 65.6 Å². The highest BCUT2D eigenvalue weighted by atomic mass is 35.5. The van der Waals surface area contributed by atoms with Crippen LogP contribution in [-0.4, -0.2) is 16.7 Å². The summed E-state index contributed by atoms with van der Waals surface area (Å²) in [5, 5.41) is 4.65. The molecule has 3 nitrogen and oxygen atoms in total. The van der Waals surface area contributed by atoms with Crippen molar-refractivity contribution in [3.8, 4) is 0 Å². The van der Waals surface area contributed by atoms with Gasteiger partial charge in [0.1, 0.15) is 6.54 Å². The molecule has 0 radical (unpaired) electrons. The molecule has 3 aromatic rings. The molecular weight excluding hydrogens is 316 g/mol. The van der Waals surface area contributed by atoms with Gasteiger partial charge in [0.2, 0.25) is 5.91 Å². The van der Waals surface area contributed by atoms with E-state index in [1.165, 1.54) is 4.90 Å². The summed E-state index contributed by atoms with van der Waals surface area (Å²) in [4.78, 5) is 13.4. The van der Waals surface area contributed by atoms with Gasteiger partial charge in [0, 0.05) is 27.3 Å². The molecule has 22 heavy (non-hydrogen) atoms. The molecule has 0 saturated carbocycles. The van der Waals surface area contributed by atoms with Crippen LogP contribution in [0.4, 0.5) is 5.69 Å². The number of hydrogen-bond donors (Lipinski definition) is 1. The Balaban J connectivity index is 1.73. The smallest absolute Gasteiger partial charge is 0.244 e. The maximum atomic E-state index is 12.2. The van der Waals surface area contributed by atoms with Gasteiger partial charge < -0.3 is 9.88 Å². The number of carbonyl (C=O) groups excluding carboxylic acids is 1. The first-order valence-electron chi connectivity index (χ1n) is 6.84. The Bertz CT molecular complexity index is 811. The van der Waals surface area contributed by atoms with Gasteiger partial charge in [-0.15, -0.1) is 11.8 Å². The molecule has 0 atom stereocenters. The first kappa shape index (κ1) is 15.0. The van der Waals surface area contributed by atoms with E-state index in [9.17, 15) is 4.79 Å². The molecule has 1 amide bonds. The Morgan fingerprint density at radius 2 is 1.95 bits per heavy atom. The molecule has 0 bridgehead atoms. The predicted octanol–water partition coefficient (Wildman–Crippen LogP) is 4.66. The Labute approximate surface area is 138 Å². The SMILES string of the molecule is CSc1ccc(NC(=O)Cn2ccc3ccc(Cl)cc32)cc1. The highest BCUT2D eigenvalue weighted by Crippen LogP contribution is 2.21. The summed E-state index contributed by atoms with van der Waals surface area (Å²) in [6.45, 7) is 0.258. The topological polar surface area (TPSA) is 34.0 Å². The van der Waals surface area contributed by atoms with Gasteiger partial charge in [0.25, 0.3) is 0 Å². The monoisotopic (exact) mass is 330 g/mol. The van der Waals surface area contributed by atoms with E-state index in [2.05, 4.69) is 5.32 Å². The molecule has 0 fully saturated rings. The molecule has 1 aromatic heterocycles. The molecule has 112 valence electrons. The lowest BCUT2D eigenvalue weighted by Gasteiger charge is -2.08. The first-order chi connectivity index (χ1) is 10.7. The number of aromatic nitrogens is 1. The van der Waals surface area contributed by atoms with Crippen LogP contribution in [0, 0.1) is 0 Å². The van der Waals surface area contributed by atoms with Crippen molar-refractivity contribution in [1.29, 1.82) is 0 Å². The minimum absolute atomic E-state index is 0.0608. The Hall–Kier alpha value is -1.91. The molecule has 0 aliphatic rings. The quantitative estimate of drug-likeness (QED) is 0.706. The van der Waals surface area contributed by atoms with E-state index in [0.29, 0.717) is 5.02 Å². The fourth-order valence-electron chi connectivity index (χ4n) is 2.32. The standard InChI is InChI=1S/C17H15ClN2OS/c1-22-15-6-4-14(5-7-15)19-17(21)11-20-9-8-12-2-3-13(18)10-16(12)20/h2-10H,11H2,1H3,(H,19,21). The average molecular weight is 331 g/mol. The van der Waals surface area contributed by atoms with Gasteiger partial charge in [-0.3, -0.25) is 4.79 Å². The van der Waals surface area contributed by atoms with Crippen molar-refractivity contribution in [1.82, 2.24) is 4.57 Å². The van der Waals surface area contributed by atoms with Crippen molar-refractivity contribution in [3.05, 3.63) is 59.8 Å². The van der Waals surface area contributed by atoms with Crippen molar-refractivity contribution in [3.63, 3.8) is 0 Å². The third kappa shape index (κ3) is 3.29. The lowest BCUT2D eigenvalue weighted by atomic mass is 10.2. The van der Waals surface area contributed by atoms with Crippen molar-refractivity contribution in [2.24, 2.45) is 0 Å². The van der Waals surface area contributed by atoms with Crippen LogP contribution in [-0.2, 0) is 11.3 Å². The van der Waals surface area contributed by atoms with Crippen LogP contribution < -0.4 is 5.32 Å². The molecule has 0 unspecified atom stereocenters. The number of nitrogens with one attached hydrogen (secondary N) is 1. The normalized spacial score (nSPS) is 10.8. The van der Waals surface area contributed by atoms with Crippen LogP contribution in [0.2, 0.25) is 5.02 Å². The van der Waals surface area contributed by atoms with Crippen molar-refractivity contribution >= 4 is 45.9 Å². The van der Waals surface area contributed by atoms with Gasteiger partial charge in [0.05, 0.1) is 0 Å². The third-order valence-corrected chi connectivity index (χ3v) is 4.40. The van der Waals surface area contributed by atoms with Gasteiger partial charge >= 0.3 is 0 Å². The van der Waals surface area contributed by atoms with Crippen LogP contribution in [0.5, 0.6) is 0 Å². The van der Waals surface area contributed by atoms with Crippen LogP contribution in [0.25, 0.3) is 10.9 Å². The molecule has 5 heteroatoms. The lowest BCUT2D eigenvalue weighted by molar-refractivity contribution is -0.116. The largest absolute Gasteiger partial charge is 0.338 e. The zero-order valence-electron chi connectivity index (χ0n) is 12.0. The van der Waals surface area contributed by atoms with Gasteiger partial charge in [-0.1, -0.05) is 17.7 Å². The first-order valence-corrected chi connectivity index (χ1v) is 8.44. The summed E-state index contributed by atoms with van der Waals surface area (Å²) < 4.78 is 1.90. The summed E-state index contributed by atoms with van der Waals surface area (Å²) in [5.41, 5.74) is 1.76. The number of carbonyl (C=O) groups is 1. The fourth-order valence-corrected chi connectivity index (χ4v) is 2.90. The molecule has 0 saturated heterocycles. The number of thioether (sulfide) groups is 1. The van der Waals surface area contributed by atoms with Crippen molar-refractivity contribution < 1.29 is 4.79 Å². The van der Waals surface area contributed by atoms with Gasteiger partial charge in [-0.25, -0.2) is 0 Å². The van der Waals surface area contributed by atoms with E-state index in [0.717, 1.165) is 16.6 Å². The minimum Gasteiger partial charge on any atom is -0.338 e. The second kappa shape index (κ2) is 6.46. The molecule has 2 aromatic carbocycles. The van der Waals surface area contributed by atoms with Crippen molar-refractivity contribution in [2.75, 3.05) is 11.6 Å². The highest BCUT2D eigenvalue weighted by molar-refractivity contribution is 7.98. The van der Waals surface area contributed by atoms with Gasteiger partial charge in [-0.05, 0) is 54.1 Å². The maximum Gasteiger partial charge on any atom is 0.244 e. The summed E-state index contributed by atoms with van der Waals surface area (Å²) >= 11 is 7.70. The molecular formula is C17H15ClN2OS. The van der Waals surface area contributed by atoms with Crippen molar-refractivity contribution in [2.45, 2.75) is 11.4 Å². The van der Waals surface area contributed by atoms with E-state index in [1.54, 1.807) is 11.8 Å². The zero-order chi connectivity index (χ0) is 15.5. The highest BCUT2D eigenvalue weighted by Gasteiger charge is 2.07. The Morgan fingerprint density at radius 3 is 2.68 bits per heavy atom. The van der Waals surface area contributed by atoms with Crippen LogP contribution in [0.3, 0.4) is 0 Å². The average Bonchev–Trinajstić information content (AvgIpc) is 2.90. The van der Waals surface area contributed by atoms with E-state index < -0.39 is 0 Å². The molecule has 1 N–H and O–H groups in total. The van der Waals surface area contributed by atoms with Crippen LogP contribution in [0.1, 0.15) is 0 Å². The minimum atomic E-state index is -0.0608. The van der Waals surface area contributed by atoms with E-state index in [4.69, 9.17) is 11.6 Å². The number of rotatable bonds is 4. The fraction of sp³-hybridized carbons (Fsp3) is 0.118. The summed E-state index contributed by atoms with van der Waals surface area (Å²) in [7, 11) is 0. The number of fused-ring (bicyclic) bond motifs is 1. The molecule has 1 heterocycles. The maximum absolute atomic E-state index is 12.2. The second-order valence-electron chi connectivity index (χ2n) is 4.92. The molecule has 0 aliphatic heterocycles. The predicted molar refractivity (Wildman–Crippen MR) is 93.8 cm³/mol. The molecule has 3 rings (SSSR count). The van der Waals surface area contributed by atoms with Crippen LogP contribution in [0.15, 0.2) is 59.6 Å². The number of nitrogens with zero attached hydrogens (tertiary/aromatic N) is 1. The number of benzene rings is 2. The Kier molecular flexibility index (Phi) is 4.41. The number of hydrogen-bond acceptors (Lipinski definition) is 2. The van der Waals surface area contributed by atoms with E-state index >= 15 is 0 Å².